The second-order valence-corrected chi connectivity index (χ2v) is 14.6. The Hall–Kier alpha value is -1.15. The largest absolute Gasteiger partial charge is 2.00 e. The van der Waals surface area contributed by atoms with Crippen molar-refractivity contribution >= 4 is 21.9 Å². The molecule has 0 amide bonds. The van der Waals surface area contributed by atoms with E-state index in [1.807, 2.05) is 6.07 Å². The van der Waals surface area contributed by atoms with Gasteiger partial charge in [0.05, 0.1) is 20.0 Å². The van der Waals surface area contributed by atoms with Gasteiger partial charge < -0.3 is 5.11 Å². The van der Waals surface area contributed by atoms with E-state index >= 15 is 0 Å². The molecule has 228 valence electrons. The summed E-state index contributed by atoms with van der Waals surface area (Å²) in [6, 6.07) is 15.6. The molecule has 0 unspecified atom stereocenters. The van der Waals surface area contributed by atoms with Gasteiger partial charge in [-0.3, -0.25) is 4.99 Å². The Morgan fingerprint density at radius 2 is 1.32 bits per heavy atom. The van der Waals surface area contributed by atoms with Crippen molar-refractivity contribution in [3.63, 3.8) is 0 Å². The maximum absolute atomic E-state index is 11.1. The zero-order valence-electron chi connectivity index (χ0n) is 23.2. The standard InChI is InChI=1S/C10H13NO.C10H14.C6H12N3P.F6P.Ru/c1-2-7-11-8-9-5-3-4-6-10(9)12;1-8(2)10-6-4-9(3)5-7-10;1-7-2-9-3-8(1)5-10(4-7)6-9;1-7(2,3,4,5)6;/h3-6,8,12H,2,7H2,1H3;4-8H,1-3H3;1-6H2;;/q;;;-1;+2. The van der Waals surface area contributed by atoms with E-state index in [1.165, 1.54) is 50.0 Å². The molecule has 0 N–H and O–H groups in total. The first-order chi connectivity index (χ1) is 17.9. The molecule has 0 aliphatic carbocycles. The van der Waals surface area contributed by atoms with Crippen molar-refractivity contribution in [3.8, 4) is 5.75 Å². The number of rotatable bonds is 4. The molecule has 4 aliphatic rings. The Labute approximate surface area is 247 Å². The molecule has 6 rings (SSSR count). The molecule has 5 nitrogen and oxygen atoms in total. The summed E-state index contributed by atoms with van der Waals surface area (Å²) in [4.78, 5) is 11.9. The van der Waals surface area contributed by atoms with Gasteiger partial charge >= 0.3 is 52.5 Å². The van der Waals surface area contributed by atoms with Crippen LogP contribution in [-0.2, 0) is 19.5 Å². The number of hydrogen-bond acceptors (Lipinski definition) is 5. The SMILES string of the molecule is C1N2CN3CN1C[PH+](C2)C3.CCCN=Cc1ccccc1[O-].Cc1ccc(C(C)C)cc1.F[P-](F)(F)(F)(F)F.[Ru+2]. The van der Waals surface area contributed by atoms with E-state index in [0.29, 0.717) is 11.5 Å². The number of hydrogen-bond donors (Lipinski definition) is 0. The molecule has 14 heteroatoms. The van der Waals surface area contributed by atoms with Crippen LogP contribution in [0.2, 0.25) is 0 Å². The van der Waals surface area contributed by atoms with Crippen molar-refractivity contribution < 1.29 is 49.8 Å². The van der Waals surface area contributed by atoms with E-state index in [4.69, 9.17) is 0 Å². The molecule has 4 fully saturated rings. The Morgan fingerprint density at radius 1 is 0.875 bits per heavy atom. The third-order valence-electron chi connectivity index (χ3n) is 5.79. The van der Waals surface area contributed by atoms with Crippen molar-refractivity contribution in [2.75, 3.05) is 45.4 Å². The maximum atomic E-state index is 11.1. The summed E-state index contributed by atoms with van der Waals surface area (Å²) in [5.74, 6) is 0.693. The molecular formula is C26H39F6N4OP2Ru+. The summed E-state index contributed by atoms with van der Waals surface area (Å²) < 4.78 is 59.2. The zero-order chi connectivity index (χ0) is 29.3. The normalized spacial score (nSPS) is 24.3. The minimum Gasteiger partial charge on any atom is 2.00 e. The molecule has 0 aromatic heterocycles. The summed E-state index contributed by atoms with van der Waals surface area (Å²) in [7, 11) is -10.6. The van der Waals surface area contributed by atoms with Crippen molar-refractivity contribution in [1.29, 1.82) is 0 Å². The fourth-order valence-corrected chi connectivity index (χ4v) is 7.01. The molecule has 4 aliphatic heterocycles. The van der Waals surface area contributed by atoms with Gasteiger partial charge in [-0.25, -0.2) is 14.7 Å². The van der Waals surface area contributed by atoms with Crippen molar-refractivity contribution in [2.24, 2.45) is 4.99 Å². The van der Waals surface area contributed by atoms with Crippen LogP contribution in [0.1, 0.15) is 49.8 Å². The zero-order valence-corrected chi connectivity index (χ0v) is 26.8. The van der Waals surface area contributed by atoms with Gasteiger partial charge in [-0.2, -0.15) is 0 Å². The van der Waals surface area contributed by atoms with Crippen molar-refractivity contribution in [3.05, 3.63) is 65.2 Å². The van der Waals surface area contributed by atoms with Gasteiger partial charge in [0.1, 0.15) is 18.9 Å². The molecule has 2 aromatic rings. The summed E-state index contributed by atoms with van der Waals surface area (Å²) in [6.07, 6.45) is 7.02. The second-order valence-electron chi connectivity index (χ2n) is 10.3. The average Bonchev–Trinajstić information content (AvgIpc) is 2.79. The molecule has 4 bridgehead atoms. The van der Waals surface area contributed by atoms with E-state index < -0.39 is 7.81 Å². The Morgan fingerprint density at radius 3 is 1.70 bits per heavy atom. The number of benzene rings is 2. The smallest absolute Gasteiger partial charge is 2.00 e. The van der Waals surface area contributed by atoms with E-state index in [0.717, 1.165) is 13.0 Å². The number of aryl methyl sites for hydroxylation is 1. The molecule has 0 spiro atoms. The van der Waals surface area contributed by atoms with E-state index in [1.54, 1.807) is 24.4 Å². The van der Waals surface area contributed by atoms with Gasteiger partial charge in [-0.15, -0.1) is 5.75 Å². The molecule has 40 heavy (non-hydrogen) atoms. The molecular weight excluding hydrogens is 661 g/mol. The number of para-hydroxylation sites is 1. The quantitative estimate of drug-likeness (QED) is 0.141. The molecule has 0 radical (unpaired) electrons. The van der Waals surface area contributed by atoms with Crippen LogP contribution in [0.4, 0.5) is 25.2 Å². The van der Waals surface area contributed by atoms with Gasteiger partial charge in [-0.05, 0) is 30.4 Å². The second kappa shape index (κ2) is 14.8. The minimum atomic E-state index is -10.7. The van der Waals surface area contributed by atoms with Crippen LogP contribution in [0.15, 0.2) is 53.5 Å². The van der Waals surface area contributed by atoms with Crippen LogP contribution in [-0.4, -0.2) is 66.3 Å². The summed E-state index contributed by atoms with van der Waals surface area (Å²) >= 11 is 0. The maximum Gasteiger partial charge on any atom is 2.00 e. The first-order valence-corrected chi connectivity index (χ1v) is 16.9. The molecule has 0 saturated carbocycles. The van der Waals surface area contributed by atoms with Crippen molar-refractivity contribution in [1.82, 2.24) is 14.7 Å². The Bertz CT molecular complexity index is 1010. The summed E-state index contributed by atoms with van der Waals surface area (Å²) in [5.41, 5.74) is 3.43. The van der Waals surface area contributed by atoms with Gasteiger partial charge in [-0.1, -0.05) is 74.9 Å². The van der Waals surface area contributed by atoms with Crippen molar-refractivity contribution in [2.45, 2.75) is 40.0 Å². The average molecular weight is 701 g/mol. The van der Waals surface area contributed by atoms with Crippen LogP contribution in [0.25, 0.3) is 0 Å². The van der Waals surface area contributed by atoms with Crippen LogP contribution in [0.3, 0.4) is 0 Å². The topological polar surface area (TPSA) is 45.1 Å². The molecule has 4 saturated heterocycles. The van der Waals surface area contributed by atoms with E-state index in [2.05, 4.69) is 71.7 Å². The first kappa shape index (κ1) is 36.9. The van der Waals surface area contributed by atoms with Crippen LogP contribution in [0, 0.1) is 6.92 Å². The third-order valence-corrected chi connectivity index (χ3v) is 8.47. The van der Waals surface area contributed by atoms with E-state index in [9.17, 15) is 30.3 Å². The molecule has 4 heterocycles. The minimum absolute atomic E-state index is 0. The molecule has 2 aromatic carbocycles. The third kappa shape index (κ3) is 17.0. The van der Waals surface area contributed by atoms with E-state index in [-0.39, 0.29) is 33.1 Å². The van der Waals surface area contributed by atoms with Crippen LogP contribution in [0.5, 0.6) is 5.75 Å². The number of nitrogens with zero attached hydrogens (tertiary/aromatic N) is 4. The van der Waals surface area contributed by atoms with Gasteiger partial charge in [0, 0.05) is 20.7 Å². The monoisotopic (exact) mass is 701 g/mol. The Balaban J connectivity index is 0.000000269. The van der Waals surface area contributed by atoms with Crippen LogP contribution >= 0.6 is 15.7 Å². The number of aliphatic imine (C=N–C) groups is 1. The summed E-state index contributed by atoms with van der Waals surface area (Å²) in [6.45, 7) is 13.1. The predicted molar refractivity (Wildman–Crippen MR) is 151 cm³/mol. The predicted octanol–water partition coefficient (Wildman–Crippen LogP) is 7.98. The first-order valence-electron chi connectivity index (χ1n) is 12.8. The summed E-state index contributed by atoms with van der Waals surface area (Å²) in [5, 5.41) is 11.1. The fraction of sp³-hybridized carbons (Fsp3) is 0.500. The molecule has 0 atom stereocenters. The van der Waals surface area contributed by atoms with Gasteiger partial charge in [0.25, 0.3) is 0 Å². The van der Waals surface area contributed by atoms with Gasteiger partial charge in [0.15, 0.2) is 0 Å². The van der Waals surface area contributed by atoms with Gasteiger partial charge in [0.2, 0.25) is 0 Å². The van der Waals surface area contributed by atoms with Crippen LogP contribution < -0.4 is 5.11 Å². The number of halogens is 6. The Kier molecular flexibility index (Phi) is 13.7. The fourth-order valence-electron chi connectivity index (χ4n) is 4.21.